The lowest BCUT2D eigenvalue weighted by Gasteiger charge is -2.37. The number of likely N-dealkylation sites (tertiary alicyclic amines) is 1. The number of fused-ring (bicyclic) bond motifs is 1. The van der Waals surface area contributed by atoms with E-state index in [-0.39, 0.29) is 40.8 Å². The standard InChI is InChI=1S/C35H41ClN8O4/c1-40-19-25(15-26(21-40)38-29-17-37-41(2)35(48)32(29)36)23-5-3-22(4-6-23)18-42-11-13-43(14-12-42)27-8-7-24-20-44(34(47)28(24)16-27)30-9-10-31(45)39-33(30)46/h3-8,16-17,25-26,30,38H,9-15,18-21H2,1-2H3,(H,39,45,46)/t25-,26+,30?/m0/s1. The van der Waals surface area contributed by atoms with E-state index in [1.165, 1.54) is 15.8 Å². The highest BCUT2D eigenvalue weighted by Crippen LogP contribution is 2.32. The minimum absolute atomic E-state index is 0.139. The number of hydrogen-bond donors (Lipinski definition) is 2. The molecule has 0 saturated carbocycles. The number of nitrogens with one attached hydrogen (secondary N) is 2. The number of carbonyl (C=O) groups is 3. The van der Waals surface area contributed by atoms with Gasteiger partial charge in [-0.3, -0.25) is 29.4 Å². The van der Waals surface area contributed by atoms with E-state index in [1.807, 2.05) is 12.1 Å². The fraction of sp³-hybridized carbons (Fsp3) is 0.457. The largest absolute Gasteiger partial charge is 0.378 e. The van der Waals surface area contributed by atoms with Gasteiger partial charge in [0.25, 0.3) is 11.5 Å². The average Bonchev–Trinajstić information content (AvgIpc) is 3.40. The summed E-state index contributed by atoms with van der Waals surface area (Å²) < 4.78 is 1.24. The van der Waals surface area contributed by atoms with Gasteiger partial charge in [-0.25, -0.2) is 4.68 Å². The van der Waals surface area contributed by atoms with Crippen LogP contribution in [-0.4, -0.2) is 101 Å². The minimum atomic E-state index is -0.600. The second-order valence-electron chi connectivity index (χ2n) is 13.5. The Morgan fingerprint density at radius 2 is 1.75 bits per heavy atom. The topological polar surface area (TPSA) is 123 Å². The number of halogens is 1. The van der Waals surface area contributed by atoms with Crippen LogP contribution >= 0.6 is 11.6 Å². The molecule has 1 aromatic heterocycles. The molecule has 3 atom stereocenters. The smallest absolute Gasteiger partial charge is 0.287 e. The summed E-state index contributed by atoms with van der Waals surface area (Å²) in [7, 11) is 3.71. The van der Waals surface area contributed by atoms with Gasteiger partial charge in [-0.1, -0.05) is 41.9 Å². The highest BCUT2D eigenvalue weighted by molar-refractivity contribution is 6.32. The van der Waals surface area contributed by atoms with Crippen LogP contribution in [0.3, 0.4) is 0 Å². The first kappa shape index (κ1) is 32.3. The summed E-state index contributed by atoms with van der Waals surface area (Å²) in [6.45, 7) is 6.63. The number of nitrogens with zero attached hydrogens (tertiary/aromatic N) is 6. The zero-order valence-electron chi connectivity index (χ0n) is 27.3. The Kier molecular flexibility index (Phi) is 8.97. The van der Waals surface area contributed by atoms with Crippen LogP contribution in [0, 0.1) is 0 Å². The predicted molar refractivity (Wildman–Crippen MR) is 183 cm³/mol. The van der Waals surface area contributed by atoms with E-state index in [1.54, 1.807) is 18.1 Å². The molecule has 0 aliphatic carbocycles. The lowest BCUT2D eigenvalue weighted by molar-refractivity contribution is -0.136. The van der Waals surface area contributed by atoms with Crippen molar-refractivity contribution in [3.63, 3.8) is 0 Å². The lowest BCUT2D eigenvalue weighted by atomic mass is 9.87. The third-order valence-electron chi connectivity index (χ3n) is 10.2. The normalized spacial score (nSPS) is 23.7. The molecule has 252 valence electrons. The molecule has 4 aliphatic rings. The molecule has 3 amide bonds. The van der Waals surface area contributed by atoms with Crippen LogP contribution in [0.4, 0.5) is 11.4 Å². The van der Waals surface area contributed by atoms with Crippen molar-refractivity contribution >= 4 is 40.7 Å². The van der Waals surface area contributed by atoms with E-state index < -0.39 is 6.04 Å². The Hall–Kier alpha value is -4.26. The quantitative estimate of drug-likeness (QED) is 0.365. The molecule has 1 unspecified atom stereocenters. The van der Waals surface area contributed by atoms with E-state index in [4.69, 9.17) is 11.6 Å². The van der Waals surface area contributed by atoms with E-state index in [9.17, 15) is 19.2 Å². The number of imide groups is 1. The van der Waals surface area contributed by atoms with Crippen LogP contribution in [0.1, 0.15) is 52.2 Å². The highest BCUT2D eigenvalue weighted by Gasteiger charge is 2.39. The molecule has 4 aliphatic heterocycles. The zero-order valence-corrected chi connectivity index (χ0v) is 28.1. The number of aryl methyl sites for hydroxylation is 1. The molecule has 0 bridgehead atoms. The summed E-state index contributed by atoms with van der Waals surface area (Å²) in [6.07, 6.45) is 3.17. The average molecular weight is 673 g/mol. The number of amides is 3. The van der Waals surface area contributed by atoms with Crippen LogP contribution in [0.2, 0.25) is 5.02 Å². The van der Waals surface area contributed by atoms with Crippen molar-refractivity contribution in [2.75, 3.05) is 56.5 Å². The highest BCUT2D eigenvalue weighted by atomic mass is 35.5. The molecule has 5 heterocycles. The molecule has 7 rings (SSSR count). The van der Waals surface area contributed by atoms with Gasteiger partial charge in [0, 0.05) is 83.1 Å². The van der Waals surface area contributed by atoms with Crippen LogP contribution in [0.25, 0.3) is 0 Å². The zero-order chi connectivity index (χ0) is 33.5. The summed E-state index contributed by atoms with van der Waals surface area (Å²) in [5, 5.41) is 10.1. The number of piperidine rings is 2. The Labute approximate surface area is 284 Å². The molecule has 3 aromatic rings. The maximum Gasteiger partial charge on any atom is 0.287 e. The monoisotopic (exact) mass is 672 g/mol. The van der Waals surface area contributed by atoms with Gasteiger partial charge in [-0.05, 0) is 54.6 Å². The third kappa shape index (κ3) is 6.56. The molecule has 2 aromatic carbocycles. The van der Waals surface area contributed by atoms with Gasteiger partial charge in [-0.2, -0.15) is 5.10 Å². The second kappa shape index (κ2) is 13.3. The number of anilines is 2. The van der Waals surface area contributed by atoms with E-state index in [2.05, 4.69) is 67.8 Å². The molecular formula is C35H41ClN8O4. The summed E-state index contributed by atoms with van der Waals surface area (Å²) in [5.41, 5.74) is 5.45. The summed E-state index contributed by atoms with van der Waals surface area (Å²) in [6, 6.07) is 14.6. The Morgan fingerprint density at radius 3 is 2.50 bits per heavy atom. The Morgan fingerprint density at radius 1 is 0.979 bits per heavy atom. The number of rotatable bonds is 7. The number of carbonyl (C=O) groups excluding carboxylic acids is 3. The summed E-state index contributed by atoms with van der Waals surface area (Å²) >= 11 is 6.32. The number of benzene rings is 2. The van der Waals surface area contributed by atoms with Crippen LogP contribution in [-0.2, 0) is 29.7 Å². The maximum atomic E-state index is 13.3. The van der Waals surface area contributed by atoms with Crippen molar-refractivity contribution < 1.29 is 14.4 Å². The van der Waals surface area contributed by atoms with E-state index in [0.29, 0.717) is 30.1 Å². The number of hydrogen-bond acceptors (Lipinski definition) is 9. The molecular weight excluding hydrogens is 632 g/mol. The van der Waals surface area contributed by atoms with Gasteiger partial charge < -0.3 is 20.0 Å². The molecule has 3 saturated heterocycles. The fourth-order valence-corrected chi connectivity index (χ4v) is 7.78. The van der Waals surface area contributed by atoms with Crippen molar-refractivity contribution in [3.05, 3.63) is 86.3 Å². The van der Waals surface area contributed by atoms with Crippen molar-refractivity contribution in [1.29, 1.82) is 0 Å². The van der Waals surface area contributed by atoms with Crippen molar-refractivity contribution in [2.24, 2.45) is 7.05 Å². The van der Waals surface area contributed by atoms with Gasteiger partial charge in [0.2, 0.25) is 11.8 Å². The van der Waals surface area contributed by atoms with Crippen molar-refractivity contribution in [1.82, 2.24) is 29.8 Å². The molecule has 2 N–H and O–H groups in total. The van der Waals surface area contributed by atoms with Gasteiger partial charge in [0.05, 0.1) is 11.9 Å². The van der Waals surface area contributed by atoms with E-state index in [0.717, 1.165) is 63.5 Å². The maximum absolute atomic E-state index is 13.3. The van der Waals surface area contributed by atoms with Gasteiger partial charge in [0.15, 0.2) is 0 Å². The fourth-order valence-electron chi connectivity index (χ4n) is 7.55. The lowest BCUT2D eigenvalue weighted by Crippen LogP contribution is -2.52. The van der Waals surface area contributed by atoms with Crippen molar-refractivity contribution in [3.8, 4) is 0 Å². The number of likely N-dealkylation sites (N-methyl/N-ethyl adjacent to an activating group) is 1. The second-order valence-corrected chi connectivity index (χ2v) is 13.9. The number of piperazine rings is 1. The van der Waals surface area contributed by atoms with Crippen molar-refractivity contribution in [2.45, 2.75) is 50.4 Å². The predicted octanol–water partition coefficient (Wildman–Crippen LogP) is 2.42. The number of aromatic nitrogens is 2. The first-order valence-electron chi connectivity index (χ1n) is 16.6. The van der Waals surface area contributed by atoms with Crippen LogP contribution in [0.5, 0.6) is 0 Å². The first-order chi connectivity index (χ1) is 23.1. The van der Waals surface area contributed by atoms with Crippen LogP contribution in [0.15, 0.2) is 53.5 Å². The first-order valence-corrected chi connectivity index (χ1v) is 17.0. The van der Waals surface area contributed by atoms with E-state index >= 15 is 0 Å². The summed E-state index contributed by atoms with van der Waals surface area (Å²) in [5.74, 6) is -0.450. The van der Waals surface area contributed by atoms with Gasteiger partial charge >= 0.3 is 0 Å². The Balaban J connectivity index is 0.923. The molecule has 0 spiro atoms. The van der Waals surface area contributed by atoms with Crippen LogP contribution < -0.4 is 21.1 Å². The minimum Gasteiger partial charge on any atom is -0.378 e. The van der Waals surface area contributed by atoms with Gasteiger partial charge in [-0.15, -0.1) is 0 Å². The SMILES string of the molecule is CN1C[C@H](Nc2cnn(C)c(=O)c2Cl)C[C@H](c2ccc(CN3CCN(c4ccc5c(c4)C(=O)N(C4CCC(=O)NC4=O)C5)CC3)cc2)C1. The Bertz CT molecular complexity index is 1790. The molecule has 48 heavy (non-hydrogen) atoms. The third-order valence-corrected chi connectivity index (χ3v) is 10.5. The molecule has 13 heteroatoms. The summed E-state index contributed by atoms with van der Waals surface area (Å²) in [4.78, 5) is 58.2. The van der Waals surface area contributed by atoms with Gasteiger partial charge in [0.1, 0.15) is 11.1 Å². The molecule has 3 fully saturated rings. The molecule has 12 nitrogen and oxygen atoms in total. The molecule has 0 radical (unpaired) electrons.